The van der Waals surface area contributed by atoms with Crippen molar-refractivity contribution in [1.82, 2.24) is 9.80 Å². The molecule has 0 aliphatic carbocycles. The zero-order valence-electron chi connectivity index (χ0n) is 16.0. The van der Waals surface area contributed by atoms with Crippen LogP contribution in [0.25, 0.3) is 10.1 Å². The Kier molecular flexibility index (Phi) is 8.13. The number of hydrogen-bond donors (Lipinski definition) is 3. The Bertz CT molecular complexity index is 824. The van der Waals surface area contributed by atoms with E-state index in [1.165, 1.54) is 15.0 Å². The van der Waals surface area contributed by atoms with E-state index in [4.69, 9.17) is 10.2 Å². The van der Waals surface area contributed by atoms with E-state index >= 15 is 0 Å². The number of hydrogen-bond acceptors (Lipinski definition) is 6. The summed E-state index contributed by atoms with van der Waals surface area (Å²) in [4.78, 5) is 25.1. The summed E-state index contributed by atoms with van der Waals surface area (Å²) in [6, 6.07) is 8.38. The molecule has 0 radical (unpaired) electrons. The second-order valence-electron chi connectivity index (χ2n) is 6.70. The molecular weight excluding hydrogens is 380 g/mol. The fourth-order valence-electron chi connectivity index (χ4n) is 3.11. The number of benzene rings is 1. The van der Waals surface area contributed by atoms with Gasteiger partial charge < -0.3 is 20.2 Å². The van der Waals surface area contributed by atoms with Crippen molar-refractivity contribution in [2.24, 2.45) is 0 Å². The van der Waals surface area contributed by atoms with E-state index in [9.17, 15) is 14.7 Å². The number of carboxylic acids is 2. The van der Waals surface area contributed by atoms with E-state index in [1.807, 2.05) is 0 Å². The summed E-state index contributed by atoms with van der Waals surface area (Å²) in [6.45, 7) is 7.15. The van der Waals surface area contributed by atoms with Gasteiger partial charge in [0.05, 0.1) is 6.10 Å². The first-order chi connectivity index (χ1) is 13.3. The number of nitrogens with zero attached hydrogens (tertiary/aromatic N) is 2. The first kappa shape index (κ1) is 22.0. The highest BCUT2D eigenvalue weighted by Crippen LogP contribution is 2.35. The summed E-state index contributed by atoms with van der Waals surface area (Å²) in [5.74, 6) is -2.51. The van der Waals surface area contributed by atoms with Gasteiger partial charge in [-0.05, 0) is 25.4 Å². The third kappa shape index (κ3) is 6.42. The summed E-state index contributed by atoms with van der Waals surface area (Å²) in [7, 11) is 2.16. The zero-order valence-corrected chi connectivity index (χ0v) is 16.9. The normalized spacial score (nSPS) is 16.7. The smallest absolute Gasteiger partial charge is 0.328 e. The van der Waals surface area contributed by atoms with Crippen molar-refractivity contribution in [3.05, 3.63) is 46.9 Å². The molecule has 2 aromatic rings. The van der Waals surface area contributed by atoms with Gasteiger partial charge in [0.15, 0.2) is 0 Å². The molecule has 1 saturated heterocycles. The first-order valence-corrected chi connectivity index (χ1v) is 9.80. The molecule has 0 amide bonds. The standard InChI is InChI=1S/C16H22N2OS.C4H4O4/c1-12-16(13-5-3-4-6-15(13)20-12)14(19)11-18-9-7-17(2)8-10-18;5-3(6)1-2-4(7)8/h3-6,14,19H,7-11H2,1-2H3;1-2H,(H,5,6)(H,7,8)/b;2-1+. The lowest BCUT2D eigenvalue weighted by Gasteiger charge is -2.33. The number of aliphatic hydroxyl groups is 1. The van der Waals surface area contributed by atoms with Gasteiger partial charge in [-0.2, -0.15) is 0 Å². The molecule has 1 aromatic heterocycles. The Morgan fingerprint density at radius 3 is 2.25 bits per heavy atom. The highest BCUT2D eigenvalue weighted by Gasteiger charge is 2.21. The van der Waals surface area contributed by atoms with Crippen LogP contribution in [0, 0.1) is 6.92 Å². The molecule has 152 valence electrons. The van der Waals surface area contributed by atoms with E-state index < -0.39 is 11.9 Å². The fraction of sp³-hybridized carbons (Fsp3) is 0.400. The van der Waals surface area contributed by atoms with Crippen LogP contribution >= 0.6 is 11.3 Å². The van der Waals surface area contributed by atoms with Gasteiger partial charge in [0.25, 0.3) is 0 Å². The maximum atomic E-state index is 10.7. The zero-order chi connectivity index (χ0) is 20.7. The molecule has 3 N–H and O–H groups in total. The van der Waals surface area contributed by atoms with Crippen molar-refractivity contribution in [2.45, 2.75) is 13.0 Å². The minimum Gasteiger partial charge on any atom is -0.478 e. The van der Waals surface area contributed by atoms with Crippen molar-refractivity contribution >= 4 is 33.4 Å². The van der Waals surface area contributed by atoms with Gasteiger partial charge in [0, 0.05) is 60.0 Å². The van der Waals surface area contributed by atoms with E-state index in [1.54, 1.807) is 11.3 Å². The molecule has 1 aliphatic heterocycles. The topological polar surface area (TPSA) is 101 Å². The number of aliphatic carboxylic acids is 2. The molecule has 0 bridgehead atoms. The summed E-state index contributed by atoms with van der Waals surface area (Å²) in [5.41, 5.74) is 1.13. The summed E-state index contributed by atoms with van der Waals surface area (Å²) in [6.07, 6.45) is 0.736. The van der Waals surface area contributed by atoms with Crippen molar-refractivity contribution in [1.29, 1.82) is 0 Å². The summed E-state index contributed by atoms with van der Waals surface area (Å²) < 4.78 is 1.28. The number of fused-ring (bicyclic) bond motifs is 1. The Morgan fingerprint density at radius 2 is 1.68 bits per heavy atom. The molecular formula is C20H26N2O5S. The van der Waals surface area contributed by atoms with Crippen LogP contribution in [-0.4, -0.2) is 76.8 Å². The van der Waals surface area contributed by atoms with Crippen molar-refractivity contribution in [3.63, 3.8) is 0 Å². The molecule has 7 nitrogen and oxygen atoms in total. The largest absolute Gasteiger partial charge is 0.478 e. The molecule has 1 atom stereocenters. The van der Waals surface area contributed by atoms with Crippen molar-refractivity contribution in [2.75, 3.05) is 39.8 Å². The van der Waals surface area contributed by atoms with Crippen LogP contribution in [0.4, 0.5) is 0 Å². The average molecular weight is 407 g/mol. The van der Waals surface area contributed by atoms with Gasteiger partial charge in [-0.3, -0.25) is 4.90 Å². The van der Waals surface area contributed by atoms with Gasteiger partial charge in [-0.15, -0.1) is 11.3 Å². The SMILES string of the molecule is Cc1sc2ccccc2c1C(O)CN1CCN(C)CC1.O=C(O)/C=C/C(=O)O. The molecule has 1 aliphatic rings. The number of β-amino-alcohol motifs (C(OH)–C–C–N with tert-alkyl or cyclic N) is 1. The average Bonchev–Trinajstić information content (AvgIpc) is 2.98. The maximum absolute atomic E-state index is 10.7. The molecule has 8 heteroatoms. The predicted octanol–water partition coefficient (Wildman–Crippen LogP) is 2.20. The maximum Gasteiger partial charge on any atom is 0.328 e. The number of rotatable bonds is 5. The van der Waals surface area contributed by atoms with E-state index in [0.29, 0.717) is 12.2 Å². The molecule has 1 unspecified atom stereocenters. The minimum absolute atomic E-state index is 0.380. The number of carboxylic acid groups (broad SMARTS) is 2. The van der Waals surface area contributed by atoms with E-state index in [0.717, 1.165) is 38.3 Å². The van der Waals surface area contributed by atoms with Gasteiger partial charge in [-0.25, -0.2) is 9.59 Å². The van der Waals surface area contributed by atoms with Gasteiger partial charge in [-0.1, -0.05) is 18.2 Å². The molecule has 28 heavy (non-hydrogen) atoms. The van der Waals surface area contributed by atoms with Crippen LogP contribution in [0.15, 0.2) is 36.4 Å². The fourth-order valence-corrected chi connectivity index (χ4v) is 4.23. The lowest BCUT2D eigenvalue weighted by Crippen LogP contribution is -2.45. The Labute approximate surface area is 168 Å². The Balaban J connectivity index is 0.000000300. The molecule has 1 aromatic carbocycles. The van der Waals surface area contributed by atoms with Crippen molar-refractivity contribution in [3.8, 4) is 0 Å². The van der Waals surface area contributed by atoms with Gasteiger partial charge in [0.1, 0.15) is 0 Å². The third-order valence-electron chi connectivity index (χ3n) is 4.55. The number of likely N-dealkylation sites (N-methyl/N-ethyl adjacent to an activating group) is 1. The molecule has 1 fully saturated rings. The lowest BCUT2D eigenvalue weighted by atomic mass is 10.0. The number of aryl methyl sites for hydroxylation is 1. The quantitative estimate of drug-likeness (QED) is 0.655. The summed E-state index contributed by atoms with van der Waals surface area (Å²) >= 11 is 1.78. The summed E-state index contributed by atoms with van der Waals surface area (Å²) in [5, 5.41) is 27.5. The lowest BCUT2D eigenvalue weighted by molar-refractivity contribution is -0.134. The molecule has 0 spiro atoms. The predicted molar refractivity (Wildman–Crippen MR) is 110 cm³/mol. The monoisotopic (exact) mass is 406 g/mol. The highest BCUT2D eigenvalue weighted by molar-refractivity contribution is 7.19. The number of piperazine rings is 1. The van der Waals surface area contributed by atoms with E-state index in [-0.39, 0.29) is 6.10 Å². The van der Waals surface area contributed by atoms with E-state index in [2.05, 4.69) is 48.0 Å². The number of thiophene rings is 1. The first-order valence-electron chi connectivity index (χ1n) is 8.99. The second kappa shape index (κ2) is 10.3. The van der Waals surface area contributed by atoms with Crippen LogP contribution < -0.4 is 0 Å². The number of aliphatic hydroxyl groups excluding tert-OH is 1. The molecule has 2 heterocycles. The Morgan fingerprint density at radius 1 is 1.11 bits per heavy atom. The Hall–Kier alpha value is -2.26. The van der Waals surface area contributed by atoms with Gasteiger partial charge in [0.2, 0.25) is 0 Å². The third-order valence-corrected chi connectivity index (χ3v) is 5.65. The highest BCUT2D eigenvalue weighted by atomic mass is 32.1. The van der Waals surface area contributed by atoms with Crippen LogP contribution in [0.1, 0.15) is 16.5 Å². The second-order valence-corrected chi connectivity index (χ2v) is 7.95. The van der Waals surface area contributed by atoms with Crippen LogP contribution in [0.5, 0.6) is 0 Å². The minimum atomic E-state index is -1.26. The van der Waals surface area contributed by atoms with Gasteiger partial charge >= 0.3 is 11.9 Å². The number of carbonyl (C=O) groups is 2. The van der Waals surface area contributed by atoms with Crippen LogP contribution in [0.2, 0.25) is 0 Å². The molecule has 3 rings (SSSR count). The molecule has 0 saturated carbocycles. The van der Waals surface area contributed by atoms with Crippen LogP contribution in [0.3, 0.4) is 0 Å². The van der Waals surface area contributed by atoms with Crippen LogP contribution in [-0.2, 0) is 9.59 Å². The van der Waals surface area contributed by atoms with Crippen molar-refractivity contribution < 1.29 is 24.9 Å².